The lowest BCUT2D eigenvalue weighted by molar-refractivity contribution is -0.196. The van der Waals surface area contributed by atoms with Crippen molar-refractivity contribution in [1.29, 1.82) is 0 Å². The number of rotatable bonds is 2. The Labute approximate surface area is 134 Å². The van der Waals surface area contributed by atoms with Crippen molar-refractivity contribution < 1.29 is 9.47 Å². The number of ether oxygens (including phenoxy) is 2. The molecule has 3 aliphatic rings. The van der Waals surface area contributed by atoms with Gasteiger partial charge in [-0.3, -0.25) is 0 Å². The second-order valence-electron chi connectivity index (χ2n) is 7.72. The van der Waals surface area contributed by atoms with Crippen molar-refractivity contribution in [1.82, 2.24) is 0 Å². The third-order valence-corrected chi connectivity index (χ3v) is 6.26. The minimum atomic E-state index is 0.123. The smallest absolute Gasteiger partial charge is 0.0880 e. The normalized spacial score (nSPS) is 37.9. The van der Waals surface area contributed by atoms with Gasteiger partial charge in [0.1, 0.15) is 0 Å². The average Bonchev–Trinajstić information content (AvgIpc) is 2.96. The van der Waals surface area contributed by atoms with Crippen LogP contribution in [-0.4, -0.2) is 18.8 Å². The summed E-state index contributed by atoms with van der Waals surface area (Å²) in [6, 6.07) is 9.13. The summed E-state index contributed by atoms with van der Waals surface area (Å²) in [6.45, 7) is 6.31. The summed E-state index contributed by atoms with van der Waals surface area (Å²) in [4.78, 5) is 0. The van der Waals surface area contributed by atoms with Crippen molar-refractivity contribution in [3.05, 3.63) is 35.4 Å². The molecular weight excluding hydrogens is 272 g/mol. The van der Waals surface area contributed by atoms with Crippen molar-refractivity contribution in [3.63, 3.8) is 0 Å². The lowest BCUT2D eigenvalue weighted by Crippen LogP contribution is -2.53. The van der Waals surface area contributed by atoms with Crippen LogP contribution in [0, 0.1) is 11.8 Å². The Bertz CT molecular complexity index is 521. The summed E-state index contributed by atoms with van der Waals surface area (Å²) in [5.41, 5.74) is 2.88. The highest BCUT2D eigenvalue weighted by Crippen LogP contribution is 2.55. The molecule has 0 radical (unpaired) electrons. The fraction of sp³-hybridized carbons (Fsp3) is 0.700. The monoisotopic (exact) mass is 300 g/mol. The van der Waals surface area contributed by atoms with E-state index >= 15 is 0 Å². The van der Waals surface area contributed by atoms with E-state index < -0.39 is 0 Å². The van der Waals surface area contributed by atoms with Gasteiger partial charge in [0.25, 0.3) is 0 Å². The van der Waals surface area contributed by atoms with E-state index in [-0.39, 0.29) is 11.7 Å². The first-order valence-corrected chi connectivity index (χ1v) is 9.06. The Kier molecular flexibility index (Phi) is 3.78. The first-order valence-electron chi connectivity index (χ1n) is 9.06. The quantitative estimate of drug-likeness (QED) is 0.777. The van der Waals surface area contributed by atoms with E-state index in [1.165, 1.54) is 43.2 Å². The summed E-state index contributed by atoms with van der Waals surface area (Å²) >= 11 is 0. The Morgan fingerprint density at radius 2 is 1.91 bits per heavy atom. The van der Waals surface area contributed by atoms with Crippen molar-refractivity contribution >= 4 is 0 Å². The van der Waals surface area contributed by atoms with Gasteiger partial charge in [0.15, 0.2) is 0 Å². The average molecular weight is 300 g/mol. The third-order valence-electron chi connectivity index (χ3n) is 6.26. The number of hydrogen-bond acceptors (Lipinski definition) is 2. The zero-order valence-corrected chi connectivity index (χ0v) is 13.9. The second-order valence-corrected chi connectivity index (χ2v) is 7.72. The predicted molar refractivity (Wildman–Crippen MR) is 88.0 cm³/mol. The Morgan fingerprint density at radius 1 is 1.09 bits per heavy atom. The van der Waals surface area contributed by atoms with Crippen LogP contribution in [0.15, 0.2) is 24.3 Å². The topological polar surface area (TPSA) is 18.5 Å². The van der Waals surface area contributed by atoms with Crippen molar-refractivity contribution in [2.24, 2.45) is 11.8 Å². The third kappa shape index (κ3) is 2.23. The molecule has 2 heteroatoms. The SMILES string of the molecule is CC(C)c1ccc([C@@H]2OC[C@@H]3CCO[C@@]34CCCC[C@@H]24)cc1. The van der Waals surface area contributed by atoms with Gasteiger partial charge in [0, 0.05) is 18.4 Å². The summed E-state index contributed by atoms with van der Waals surface area (Å²) < 4.78 is 12.7. The highest BCUT2D eigenvalue weighted by Gasteiger charge is 2.56. The van der Waals surface area contributed by atoms with Gasteiger partial charge < -0.3 is 9.47 Å². The maximum Gasteiger partial charge on any atom is 0.0880 e. The first kappa shape index (κ1) is 14.7. The summed E-state index contributed by atoms with van der Waals surface area (Å²) in [6.07, 6.45) is 6.57. The zero-order chi connectivity index (χ0) is 15.2. The van der Waals surface area contributed by atoms with E-state index in [1.54, 1.807) is 0 Å². The van der Waals surface area contributed by atoms with Crippen molar-refractivity contribution in [3.8, 4) is 0 Å². The zero-order valence-electron chi connectivity index (χ0n) is 13.9. The number of benzene rings is 1. The standard InChI is InChI=1S/C20H28O2/c1-14(2)15-6-8-16(9-7-15)19-18-5-3-4-11-20(18)17(13-21-19)10-12-22-20/h6-9,14,17-19H,3-5,10-13H2,1-2H3/t17-,18-,19-,20-/m0/s1. The fourth-order valence-electron chi connectivity index (χ4n) is 5.00. The molecule has 2 nitrogen and oxygen atoms in total. The maximum absolute atomic E-state index is 6.38. The molecule has 4 atom stereocenters. The van der Waals surface area contributed by atoms with Crippen LogP contribution in [0.1, 0.15) is 69.1 Å². The molecule has 1 aromatic rings. The molecule has 0 unspecified atom stereocenters. The van der Waals surface area contributed by atoms with Gasteiger partial charge in [-0.2, -0.15) is 0 Å². The van der Waals surface area contributed by atoms with Crippen molar-refractivity contribution in [2.45, 2.75) is 63.6 Å². The second kappa shape index (κ2) is 5.65. The molecule has 0 N–H and O–H groups in total. The van der Waals surface area contributed by atoms with Gasteiger partial charge in [0.05, 0.1) is 18.3 Å². The Hall–Kier alpha value is -0.860. The Balaban J connectivity index is 1.64. The van der Waals surface area contributed by atoms with E-state index in [0.717, 1.165) is 13.2 Å². The predicted octanol–water partition coefficient (Wildman–Crippen LogP) is 4.85. The fourth-order valence-corrected chi connectivity index (χ4v) is 5.00. The molecule has 0 bridgehead atoms. The molecule has 3 fully saturated rings. The molecular formula is C20H28O2. The molecule has 2 saturated heterocycles. The minimum absolute atomic E-state index is 0.123. The van der Waals surface area contributed by atoms with Gasteiger partial charge in [-0.15, -0.1) is 0 Å². The van der Waals surface area contributed by atoms with Crippen LogP contribution in [0.3, 0.4) is 0 Å². The molecule has 22 heavy (non-hydrogen) atoms. The van der Waals surface area contributed by atoms with E-state index in [0.29, 0.717) is 17.8 Å². The van der Waals surface area contributed by atoms with E-state index in [1.807, 2.05) is 0 Å². The van der Waals surface area contributed by atoms with Crippen LogP contribution in [0.2, 0.25) is 0 Å². The molecule has 120 valence electrons. The van der Waals surface area contributed by atoms with Gasteiger partial charge in [-0.05, 0) is 36.3 Å². The molecule has 1 aromatic carbocycles. The van der Waals surface area contributed by atoms with Crippen LogP contribution in [-0.2, 0) is 9.47 Å². The van der Waals surface area contributed by atoms with Crippen LogP contribution in [0.4, 0.5) is 0 Å². The molecule has 1 aliphatic carbocycles. The lowest BCUT2D eigenvalue weighted by Gasteiger charge is -2.51. The van der Waals surface area contributed by atoms with E-state index in [9.17, 15) is 0 Å². The van der Waals surface area contributed by atoms with Gasteiger partial charge >= 0.3 is 0 Å². The molecule has 2 aliphatic heterocycles. The largest absolute Gasteiger partial charge is 0.374 e. The first-order chi connectivity index (χ1) is 10.7. The van der Waals surface area contributed by atoms with Gasteiger partial charge in [-0.1, -0.05) is 51.0 Å². The molecule has 0 aromatic heterocycles. The molecule has 0 amide bonds. The van der Waals surface area contributed by atoms with Gasteiger partial charge in [-0.25, -0.2) is 0 Å². The van der Waals surface area contributed by atoms with Crippen LogP contribution in [0.5, 0.6) is 0 Å². The lowest BCUT2D eigenvalue weighted by atomic mass is 9.64. The van der Waals surface area contributed by atoms with Crippen molar-refractivity contribution in [2.75, 3.05) is 13.2 Å². The molecule has 4 rings (SSSR count). The highest BCUT2D eigenvalue weighted by molar-refractivity contribution is 5.28. The van der Waals surface area contributed by atoms with E-state index in [4.69, 9.17) is 9.47 Å². The summed E-state index contributed by atoms with van der Waals surface area (Å²) in [5, 5.41) is 0. The summed E-state index contributed by atoms with van der Waals surface area (Å²) in [5.74, 6) is 1.77. The van der Waals surface area contributed by atoms with Crippen LogP contribution in [0.25, 0.3) is 0 Å². The maximum atomic E-state index is 6.38. The molecule has 1 spiro atoms. The Morgan fingerprint density at radius 3 is 2.68 bits per heavy atom. The van der Waals surface area contributed by atoms with Crippen LogP contribution < -0.4 is 0 Å². The minimum Gasteiger partial charge on any atom is -0.374 e. The van der Waals surface area contributed by atoms with Gasteiger partial charge in [0.2, 0.25) is 0 Å². The van der Waals surface area contributed by atoms with Crippen LogP contribution >= 0.6 is 0 Å². The number of hydrogen-bond donors (Lipinski definition) is 0. The summed E-state index contributed by atoms with van der Waals surface area (Å²) in [7, 11) is 0. The molecule has 1 saturated carbocycles. The van der Waals surface area contributed by atoms with E-state index in [2.05, 4.69) is 38.1 Å². The molecule has 2 heterocycles. The highest BCUT2D eigenvalue weighted by atomic mass is 16.5.